The first-order valence-corrected chi connectivity index (χ1v) is 10.5. The Labute approximate surface area is 174 Å². The van der Waals surface area contributed by atoms with Gasteiger partial charge in [-0.3, -0.25) is 4.79 Å². The summed E-state index contributed by atoms with van der Waals surface area (Å²) in [6.07, 6.45) is 1.56. The van der Waals surface area contributed by atoms with Gasteiger partial charge < -0.3 is 14.4 Å². The van der Waals surface area contributed by atoms with E-state index in [1.165, 1.54) is 0 Å². The van der Waals surface area contributed by atoms with Crippen molar-refractivity contribution in [2.24, 2.45) is 0 Å². The Bertz CT molecular complexity index is 980. The van der Waals surface area contributed by atoms with E-state index in [0.717, 1.165) is 46.5 Å². The molecule has 0 radical (unpaired) electrons. The van der Waals surface area contributed by atoms with Crippen LogP contribution in [0.3, 0.4) is 0 Å². The fourth-order valence-electron chi connectivity index (χ4n) is 3.94. The highest BCUT2D eigenvalue weighted by molar-refractivity contribution is 9.10. The number of anilines is 1. The third-order valence-electron chi connectivity index (χ3n) is 5.30. The highest BCUT2D eigenvalue weighted by atomic mass is 79.9. The Morgan fingerprint density at radius 3 is 2.64 bits per heavy atom. The molecule has 1 fully saturated rings. The number of carbonyl (C=O) groups excluding carboxylic acids is 1. The third kappa shape index (κ3) is 3.84. The van der Waals surface area contributed by atoms with Crippen molar-refractivity contribution >= 4 is 38.6 Å². The molecule has 1 aromatic heterocycles. The molecular weight excluding hydrogens is 416 g/mol. The maximum atomic E-state index is 12.7. The Hall–Kier alpha value is -2.18. The van der Waals surface area contributed by atoms with Crippen LogP contribution >= 0.6 is 15.9 Å². The van der Waals surface area contributed by atoms with Crippen LogP contribution in [0.5, 0.6) is 0 Å². The number of imidazole rings is 1. The van der Waals surface area contributed by atoms with Crippen molar-refractivity contribution in [3.05, 3.63) is 58.8 Å². The van der Waals surface area contributed by atoms with Crippen molar-refractivity contribution in [1.29, 1.82) is 0 Å². The van der Waals surface area contributed by atoms with Crippen molar-refractivity contribution in [3.63, 3.8) is 0 Å². The summed E-state index contributed by atoms with van der Waals surface area (Å²) in [5.41, 5.74) is 3.12. The van der Waals surface area contributed by atoms with Crippen LogP contribution in [0.25, 0.3) is 11.0 Å². The maximum Gasteiger partial charge on any atom is 0.227 e. The Morgan fingerprint density at radius 2 is 1.89 bits per heavy atom. The summed E-state index contributed by atoms with van der Waals surface area (Å²) in [4.78, 5) is 21.8. The van der Waals surface area contributed by atoms with Gasteiger partial charge in [-0.15, -0.1) is 0 Å². The van der Waals surface area contributed by atoms with Gasteiger partial charge >= 0.3 is 0 Å². The molecule has 6 heteroatoms. The number of halogens is 1. The van der Waals surface area contributed by atoms with Gasteiger partial charge in [-0.05, 0) is 63.5 Å². The lowest BCUT2D eigenvalue weighted by Gasteiger charge is -2.18. The van der Waals surface area contributed by atoms with E-state index in [-0.39, 0.29) is 11.8 Å². The number of benzene rings is 2. The number of fused-ring (bicyclic) bond motifs is 1. The second-order valence-corrected chi connectivity index (χ2v) is 8.56. The number of para-hydroxylation sites is 2. The molecule has 1 amide bonds. The van der Waals surface area contributed by atoms with Crippen molar-refractivity contribution in [1.82, 2.24) is 14.5 Å². The summed E-state index contributed by atoms with van der Waals surface area (Å²) in [6, 6.07) is 16.2. The van der Waals surface area contributed by atoms with Crippen LogP contribution in [0.1, 0.15) is 24.6 Å². The number of nitrogens with zero attached hydrogens (tertiary/aromatic N) is 4. The molecule has 1 aliphatic rings. The molecule has 2 aromatic carbocycles. The van der Waals surface area contributed by atoms with Gasteiger partial charge in [0.2, 0.25) is 5.91 Å². The van der Waals surface area contributed by atoms with Gasteiger partial charge in [-0.25, -0.2) is 4.98 Å². The van der Waals surface area contributed by atoms with Crippen molar-refractivity contribution in [2.75, 3.05) is 32.1 Å². The van der Waals surface area contributed by atoms with Crippen LogP contribution < -0.4 is 4.90 Å². The van der Waals surface area contributed by atoms with E-state index in [0.29, 0.717) is 13.0 Å². The number of hydrogen-bond acceptors (Lipinski definition) is 3. The monoisotopic (exact) mass is 440 g/mol. The number of hydrogen-bond donors (Lipinski definition) is 0. The zero-order chi connectivity index (χ0) is 19.7. The quantitative estimate of drug-likeness (QED) is 0.574. The smallest absolute Gasteiger partial charge is 0.227 e. The maximum absolute atomic E-state index is 12.7. The van der Waals surface area contributed by atoms with Gasteiger partial charge in [0.15, 0.2) is 0 Å². The highest BCUT2D eigenvalue weighted by Gasteiger charge is 2.34. The minimum atomic E-state index is 0.114. The van der Waals surface area contributed by atoms with Crippen molar-refractivity contribution < 1.29 is 4.79 Å². The zero-order valence-corrected chi connectivity index (χ0v) is 17.9. The lowest BCUT2D eigenvalue weighted by molar-refractivity contribution is -0.117. The molecule has 1 saturated heterocycles. The molecule has 1 aliphatic heterocycles. The van der Waals surface area contributed by atoms with E-state index in [2.05, 4.69) is 57.7 Å². The molecule has 0 saturated carbocycles. The van der Waals surface area contributed by atoms with Gasteiger partial charge in [0.05, 0.1) is 11.0 Å². The predicted octanol–water partition coefficient (Wildman–Crippen LogP) is 4.27. The van der Waals surface area contributed by atoms with Crippen LogP contribution in [-0.4, -0.2) is 47.5 Å². The normalized spacial score (nSPS) is 17.2. The molecule has 2 heterocycles. The molecule has 0 spiro atoms. The molecule has 28 heavy (non-hydrogen) atoms. The molecule has 0 unspecified atom stereocenters. The van der Waals surface area contributed by atoms with Crippen LogP contribution in [0.2, 0.25) is 0 Å². The fraction of sp³-hybridized carbons (Fsp3) is 0.364. The summed E-state index contributed by atoms with van der Waals surface area (Å²) in [6.45, 7) is 2.62. The van der Waals surface area contributed by atoms with E-state index in [1.807, 2.05) is 35.2 Å². The molecule has 0 N–H and O–H groups in total. The van der Waals surface area contributed by atoms with Gasteiger partial charge in [0.25, 0.3) is 0 Å². The average Bonchev–Trinajstić information content (AvgIpc) is 3.23. The summed E-state index contributed by atoms with van der Waals surface area (Å²) >= 11 is 3.46. The Kier molecular flexibility index (Phi) is 5.51. The molecule has 146 valence electrons. The average molecular weight is 441 g/mol. The molecule has 5 nitrogen and oxygen atoms in total. The molecule has 4 rings (SSSR count). The minimum Gasteiger partial charge on any atom is -0.328 e. The molecule has 1 atom stereocenters. The summed E-state index contributed by atoms with van der Waals surface area (Å²) < 4.78 is 3.34. The zero-order valence-electron chi connectivity index (χ0n) is 16.3. The summed E-state index contributed by atoms with van der Waals surface area (Å²) in [5.74, 6) is 1.31. The second-order valence-electron chi connectivity index (χ2n) is 7.65. The van der Waals surface area contributed by atoms with Crippen molar-refractivity contribution in [2.45, 2.75) is 25.3 Å². The van der Waals surface area contributed by atoms with Gasteiger partial charge in [-0.2, -0.15) is 0 Å². The van der Waals surface area contributed by atoms with Gasteiger partial charge in [0, 0.05) is 35.6 Å². The molecule has 3 aromatic rings. The van der Waals surface area contributed by atoms with Crippen LogP contribution in [-0.2, 0) is 11.3 Å². The second kappa shape index (κ2) is 8.05. The standard InChI is InChI=1S/C22H25BrN4O/c1-25(2)12-5-13-26-20-7-4-3-6-19(20)24-22(26)16-14-21(28)27(15-16)18-10-8-17(23)9-11-18/h3-4,6-11,16H,5,12-15H2,1-2H3/t16-/m1/s1. The van der Waals surface area contributed by atoms with E-state index >= 15 is 0 Å². The van der Waals surface area contributed by atoms with Gasteiger partial charge in [0.1, 0.15) is 5.82 Å². The highest BCUT2D eigenvalue weighted by Crippen LogP contribution is 2.33. The summed E-state index contributed by atoms with van der Waals surface area (Å²) in [5, 5.41) is 0. The van der Waals surface area contributed by atoms with Crippen LogP contribution in [0, 0.1) is 0 Å². The van der Waals surface area contributed by atoms with Crippen LogP contribution in [0.15, 0.2) is 53.0 Å². The first-order valence-electron chi connectivity index (χ1n) is 9.69. The van der Waals surface area contributed by atoms with E-state index in [9.17, 15) is 4.79 Å². The van der Waals surface area contributed by atoms with Crippen molar-refractivity contribution in [3.8, 4) is 0 Å². The van der Waals surface area contributed by atoms with E-state index in [4.69, 9.17) is 4.98 Å². The minimum absolute atomic E-state index is 0.114. The SMILES string of the molecule is CN(C)CCCn1c([C@@H]2CC(=O)N(c3ccc(Br)cc3)C2)nc2ccccc21. The fourth-order valence-corrected chi connectivity index (χ4v) is 4.20. The van der Waals surface area contributed by atoms with E-state index in [1.54, 1.807) is 0 Å². The Balaban J connectivity index is 1.63. The molecule has 0 aliphatic carbocycles. The number of carbonyl (C=O) groups is 1. The van der Waals surface area contributed by atoms with Gasteiger partial charge in [-0.1, -0.05) is 28.1 Å². The first-order chi connectivity index (χ1) is 13.5. The first kappa shape index (κ1) is 19.2. The topological polar surface area (TPSA) is 41.4 Å². The predicted molar refractivity (Wildman–Crippen MR) is 117 cm³/mol. The Morgan fingerprint density at radius 1 is 1.14 bits per heavy atom. The molecular formula is C22H25BrN4O. The number of amides is 1. The lowest BCUT2D eigenvalue weighted by Crippen LogP contribution is -2.24. The van der Waals surface area contributed by atoms with Crippen LogP contribution in [0.4, 0.5) is 5.69 Å². The molecule has 0 bridgehead atoms. The number of rotatable bonds is 6. The number of aryl methyl sites for hydroxylation is 1. The van der Waals surface area contributed by atoms with E-state index < -0.39 is 0 Å². The largest absolute Gasteiger partial charge is 0.328 e. The third-order valence-corrected chi connectivity index (χ3v) is 5.83. The number of aromatic nitrogens is 2. The lowest BCUT2D eigenvalue weighted by atomic mass is 10.1. The summed E-state index contributed by atoms with van der Waals surface area (Å²) in [7, 11) is 4.19.